The Hall–Kier alpha value is -0.750. The molecule has 1 aromatic rings. The van der Waals surface area contributed by atoms with Gasteiger partial charge in [0, 0.05) is 28.9 Å². The largest absolute Gasteiger partial charge is 0.487 e. The van der Waals surface area contributed by atoms with Crippen LogP contribution in [-0.2, 0) is 0 Å². The summed E-state index contributed by atoms with van der Waals surface area (Å²) in [6.07, 6.45) is -3.98. The maximum atomic E-state index is 12.2. The highest BCUT2D eigenvalue weighted by Gasteiger charge is 2.37. The summed E-state index contributed by atoms with van der Waals surface area (Å²) < 4.78 is 43.5. The lowest BCUT2D eigenvalue weighted by Gasteiger charge is -2.39. The van der Waals surface area contributed by atoms with Crippen molar-refractivity contribution in [2.24, 2.45) is 5.73 Å². The summed E-state index contributed by atoms with van der Waals surface area (Å²) in [7, 11) is 0. The van der Waals surface area contributed by atoms with Gasteiger partial charge in [-0.1, -0.05) is 22.0 Å². The number of nitrogens with two attached hydrogens (primary N) is 1. The Balaban J connectivity index is 2.08. The SMILES string of the molecule is CC1(CCCC(F)(F)F)C[C@H](N)c2ccc(Br)cc2O1. The molecule has 1 aromatic carbocycles. The van der Waals surface area contributed by atoms with Gasteiger partial charge in [0.15, 0.2) is 0 Å². The van der Waals surface area contributed by atoms with Crippen LogP contribution in [0.3, 0.4) is 0 Å². The normalized spacial score (nSPS) is 26.0. The number of rotatable bonds is 3. The molecule has 1 aliphatic rings. The van der Waals surface area contributed by atoms with Gasteiger partial charge in [-0.3, -0.25) is 0 Å². The highest BCUT2D eigenvalue weighted by molar-refractivity contribution is 9.10. The van der Waals surface area contributed by atoms with Gasteiger partial charge in [-0.05, 0) is 31.9 Å². The Morgan fingerprint density at radius 1 is 1.45 bits per heavy atom. The molecule has 1 aliphatic heterocycles. The first kappa shape index (κ1) is 15.6. The molecular weight excluding hydrogens is 335 g/mol. The van der Waals surface area contributed by atoms with Crippen LogP contribution in [0.4, 0.5) is 13.2 Å². The van der Waals surface area contributed by atoms with Crippen LogP contribution in [0.15, 0.2) is 22.7 Å². The van der Waals surface area contributed by atoms with E-state index >= 15 is 0 Å². The average molecular weight is 352 g/mol. The van der Waals surface area contributed by atoms with E-state index in [1.54, 1.807) is 0 Å². The third-order valence-electron chi connectivity index (χ3n) is 3.55. The van der Waals surface area contributed by atoms with Gasteiger partial charge in [-0.15, -0.1) is 0 Å². The Morgan fingerprint density at radius 3 is 2.80 bits per heavy atom. The lowest BCUT2D eigenvalue weighted by molar-refractivity contribution is -0.137. The summed E-state index contributed by atoms with van der Waals surface area (Å²) in [6.45, 7) is 1.83. The molecule has 0 radical (unpaired) electrons. The van der Waals surface area contributed by atoms with Crippen LogP contribution in [-0.4, -0.2) is 11.8 Å². The molecule has 0 aliphatic carbocycles. The van der Waals surface area contributed by atoms with Crippen molar-refractivity contribution in [1.29, 1.82) is 0 Å². The number of halogens is 4. The lowest BCUT2D eigenvalue weighted by atomic mass is 9.85. The van der Waals surface area contributed by atoms with E-state index in [-0.39, 0.29) is 12.5 Å². The van der Waals surface area contributed by atoms with Crippen LogP contribution in [0.1, 0.15) is 44.2 Å². The first-order chi connectivity index (χ1) is 9.19. The van der Waals surface area contributed by atoms with E-state index in [0.29, 0.717) is 18.6 Å². The summed E-state index contributed by atoms with van der Waals surface area (Å²) in [4.78, 5) is 0. The van der Waals surface area contributed by atoms with E-state index in [9.17, 15) is 13.2 Å². The Labute approximate surface area is 124 Å². The van der Waals surface area contributed by atoms with Crippen molar-refractivity contribution < 1.29 is 17.9 Å². The van der Waals surface area contributed by atoms with E-state index < -0.39 is 18.2 Å². The third kappa shape index (κ3) is 3.88. The maximum Gasteiger partial charge on any atom is 0.389 e. The number of fused-ring (bicyclic) bond motifs is 1. The molecule has 2 atom stereocenters. The molecule has 2 N–H and O–H groups in total. The van der Waals surface area contributed by atoms with Gasteiger partial charge in [-0.2, -0.15) is 13.2 Å². The number of alkyl halides is 3. The molecule has 2 nitrogen and oxygen atoms in total. The molecular formula is C14H17BrF3NO. The molecule has 1 unspecified atom stereocenters. The van der Waals surface area contributed by atoms with Crippen molar-refractivity contribution in [2.75, 3.05) is 0 Å². The molecule has 6 heteroatoms. The monoisotopic (exact) mass is 351 g/mol. The zero-order chi connectivity index (χ0) is 15.0. The van der Waals surface area contributed by atoms with Crippen LogP contribution in [0.2, 0.25) is 0 Å². The summed E-state index contributed by atoms with van der Waals surface area (Å²) in [5.41, 5.74) is 6.38. The van der Waals surface area contributed by atoms with Crippen molar-refractivity contribution in [1.82, 2.24) is 0 Å². The van der Waals surface area contributed by atoms with Crippen molar-refractivity contribution in [2.45, 2.75) is 50.4 Å². The van der Waals surface area contributed by atoms with Gasteiger partial charge in [0.05, 0.1) is 0 Å². The van der Waals surface area contributed by atoms with Gasteiger partial charge in [-0.25, -0.2) is 0 Å². The minimum atomic E-state index is -4.12. The van der Waals surface area contributed by atoms with E-state index in [0.717, 1.165) is 10.0 Å². The zero-order valence-corrected chi connectivity index (χ0v) is 12.7. The fourth-order valence-corrected chi connectivity index (χ4v) is 2.94. The molecule has 2 rings (SSSR count). The van der Waals surface area contributed by atoms with Gasteiger partial charge in [0.1, 0.15) is 11.4 Å². The summed E-state index contributed by atoms with van der Waals surface area (Å²) in [5, 5.41) is 0. The van der Waals surface area contributed by atoms with E-state index in [2.05, 4.69) is 15.9 Å². The molecule has 0 spiro atoms. The number of ether oxygens (including phenoxy) is 1. The maximum absolute atomic E-state index is 12.2. The predicted molar refractivity (Wildman–Crippen MR) is 74.6 cm³/mol. The van der Waals surface area contributed by atoms with Gasteiger partial charge < -0.3 is 10.5 Å². The molecule has 0 bridgehead atoms. The molecule has 112 valence electrons. The van der Waals surface area contributed by atoms with Crippen LogP contribution < -0.4 is 10.5 Å². The first-order valence-corrected chi connectivity index (χ1v) is 7.29. The van der Waals surface area contributed by atoms with Crippen LogP contribution >= 0.6 is 15.9 Å². The molecule has 0 saturated heterocycles. The van der Waals surface area contributed by atoms with Crippen LogP contribution in [0.5, 0.6) is 5.75 Å². The molecule has 1 heterocycles. The smallest absolute Gasteiger partial charge is 0.389 e. The third-order valence-corrected chi connectivity index (χ3v) is 4.04. The van der Waals surface area contributed by atoms with E-state index in [1.165, 1.54) is 0 Å². The second kappa shape index (κ2) is 5.56. The Morgan fingerprint density at radius 2 is 2.15 bits per heavy atom. The van der Waals surface area contributed by atoms with Crippen LogP contribution in [0.25, 0.3) is 0 Å². The highest BCUT2D eigenvalue weighted by atomic mass is 79.9. The molecule has 20 heavy (non-hydrogen) atoms. The minimum absolute atomic E-state index is 0.0516. The number of benzene rings is 1. The van der Waals surface area contributed by atoms with Gasteiger partial charge >= 0.3 is 6.18 Å². The van der Waals surface area contributed by atoms with Crippen molar-refractivity contribution >= 4 is 15.9 Å². The highest BCUT2D eigenvalue weighted by Crippen LogP contribution is 2.42. The van der Waals surface area contributed by atoms with E-state index in [1.807, 2.05) is 25.1 Å². The number of hydrogen-bond acceptors (Lipinski definition) is 2. The summed E-state index contributed by atoms with van der Waals surface area (Å²) >= 11 is 3.36. The summed E-state index contributed by atoms with van der Waals surface area (Å²) in [5.74, 6) is 0.660. The fourth-order valence-electron chi connectivity index (χ4n) is 2.60. The van der Waals surface area contributed by atoms with Crippen molar-refractivity contribution in [3.05, 3.63) is 28.2 Å². The van der Waals surface area contributed by atoms with Crippen LogP contribution in [0, 0.1) is 0 Å². The summed E-state index contributed by atoms with van der Waals surface area (Å²) in [6, 6.07) is 5.38. The molecule has 0 amide bonds. The fraction of sp³-hybridized carbons (Fsp3) is 0.571. The zero-order valence-electron chi connectivity index (χ0n) is 11.1. The van der Waals surface area contributed by atoms with Gasteiger partial charge in [0.2, 0.25) is 0 Å². The number of hydrogen-bond donors (Lipinski definition) is 1. The molecule has 0 saturated carbocycles. The molecule has 0 aromatic heterocycles. The average Bonchev–Trinajstić information content (AvgIpc) is 2.25. The van der Waals surface area contributed by atoms with Gasteiger partial charge in [0.25, 0.3) is 0 Å². The Bertz CT molecular complexity index is 492. The lowest BCUT2D eigenvalue weighted by Crippen LogP contribution is -2.40. The second-order valence-electron chi connectivity index (χ2n) is 5.51. The topological polar surface area (TPSA) is 35.2 Å². The Kier molecular flexibility index (Phi) is 4.35. The second-order valence-corrected chi connectivity index (χ2v) is 6.43. The van der Waals surface area contributed by atoms with Crippen molar-refractivity contribution in [3.63, 3.8) is 0 Å². The molecule has 0 fully saturated rings. The van der Waals surface area contributed by atoms with E-state index in [4.69, 9.17) is 10.5 Å². The quantitative estimate of drug-likeness (QED) is 0.854. The van der Waals surface area contributed by atoms with Crippen molar-refractivity contribution in [3.8, 4) is 5.75 Å². The standard InChI is InChI=1S/C14H17BrF3NO/c1-13(5-2-6-14(16,17)18)8-11(19)10-4-3-9(15)7-12(10)20-13/h3-4,7,11H,2,5-6,8,19H2,1H3/t11-,13?/m0/s1. The minimum Gasteiger partial charge on any atom is -0.487 e. The first-order valence-electron chi connectivity index (χ1n) is 6.49. The predicted octanol–water partition coefficient (Wildman–Crippen LogP) is 4.72.